The average Bonchev–Trinajstić information content (AvgIpc) is 2.30. The molecule has 0 aliphatic heterocycles. The molecule has 0 spiro atoms. The molecule has 0 radical (unpaired) electrons. The lowest BCUT2D eigenvalue weighted by Crippen LogP contribution is -2.10. The molecule has 0 aliphatic carbocycles. The van der Waals surface area contributed by atoms with Gasteiger partial charge in [0.2, 0.25) is 5.78 Å². The smallest absolute Gasteiger partial charge is 0.231 e. The number of benzene rings is 1. The number of ether oxygens (including phenoxy) is 1. The van der Waals surface area contributed by atoms with E-state index in [1.165, 1.54) is 14.0 Å². The van der Waals surface area contributed by atoms with Crippen molar-refractivity contribution in [1.82, 2.24) is 0 Å². The van der Waals surface area contributed by atoms with Crippen molar-refractivity contribution >= 4 is 11.6 Å². The Labute approximate surface area is 90.1 Å². The van der Waals surface area contributed by atoms with Crippen LogP contribution >= 0.6 is 0 Å². The molecule has 82 valence electrons. The number of hydrogen-bond acceptors (Lipinski definition) is 3. The molecule has 0 atom stereocenters. The lowest BCUT2D eigenvalue weighted by molar-refractivity contribution is -0.113. The molecule has 0 aliphatic rings. The van der Waals surface area contributed by atoms with Crippen molar-refractivity contribution in [1.29, 1.82) is 0 Å². The maximum Gasteiger partial charge on any atom is 0.231 e. The molecule has 0 aromatic heterocycles. The molecule has 0 bridgehead atoms. The zero-order chi connectivity index (χ0) is 11.8. The Balaban J connectivity index is 0.000000921. The number of methoxy groups -OCH3 is 1. The normalized spacial score (nSPS) is 8.53. The van der Waals surface area contributed by atoms with Gasteiger partial charge in [0, 0.05) is 6.92 Å². The highest BCUT2D eigenvalue weighted by molar-refractivity contribution is 6.43. The second kappa shape index (κ2) is 6.76. The highest BCUT2D eigenvalue weighted by atomic mass is 16.5. The molecule has 0 saturated carbocycles. The minimum absolute atomic E-state index is 0.317. The topological polar surface area (TPSA) is 43.4 Å². The molecular formula is C12H16O3. The van der Waals surface area contributed by atoms with Crippen LogP contribution in [0.2, 0.25) is 0 Å². The minimum atomic E-state index is -0.516. The summed E-state index contributed by atoms with van der Waals surface area (Å²) in [5, 5.41) is 0. The lowest BCUT2D eigenvalue weighted by atomic mass is 10.1. The molecule has 0 unspecified atom stereocenters. The highest BCUT2D eigenvalue weighted by Gasteiger charge is 2.14. The lowest BCUT2D eigenvalue weighted by Gasteiger charge is -2.04. The van der Waals surface area contributed by atoms with Crippen molar-refractivity contribution in [2.24, 2.45) is 0 Å². The van der Waals surface area contributed by atoms with Crippen LogP contribution in [0.4, 0.5) is 0 Å². The maximum atomic E-state index is 11.3. The molecule has 1 aromatic rings. The van der Waals surface area contributed by atoms with Gasteiger partial charge in [0.25, 0.3) is 0 Å². The van der Waals surface area contributed by atoms with Crippen LogP contribution in [-0.4, -0.2) is 18.7 Å². The van der Waals surface area contributed by atoms with Crippen LogP contribution in [0.25, 0.3) is 0 Å². The van der Waals surface area contributed by atoms with Gasteiger partial charge >= 0.3 is 0 Å². The standard InChI is InChI=1S/C10H10O3.C2H6/c1-7(11)10(12)8-5-3-4-6-9(8)13-2;1-2/h3-6H,1-2H3;1-2H3. The summed E-state index contributed by atoms with van der Waals surface area (Å²) in [6.07, 6.45) is 0. The van der Waals surface area contributed by atoms with Gasteiger partial charge in [-0.25, -0.2) is 0 Å². The fraction of sp³-hybridized carbons (Fsp3) is 0.333. The van der Waals surface area contributed by atoms with E-state index in [4.69, 9.17) is 4.74 Å². The molecule has 3 nitrogen and oxygen atoms in total. The van der Waals surface area contributed by atoms with Gasteiger partial charge in [0.1, 0.15) is 5.75 Å². The van der Waals surface area contributed by atoms with Crippen molar-refractivity contribution in [3.8, 4) is 5.75 Å². The summed E-state index contributed by atoms with van der Waals surface area (Å²) >= 11 is 0. The summed E-state index contributed by atoms with van der Waals surface area (Å²) in [5.74, 6) is -0.565. The van der Waals surface area contributed by atoms with Crippen LogP contribution in [0, 0.1) is 0 Å². The van der Waals surface area contributed by atoms with E-state index in [0.29, 0.717) is 11.3 Å². The van der Waals surface area contributed by atoms with Crippen molar-refractivity contribution < 1.29 is 14.3 Å². The molecule has 15 heavy (non-hydrogen) atoms. The van der Waals surface area contributed by atoms with Crippen LogP contribution in [-0.2, 0) is 4.79 Å². The van der Waals surface area contributed by atoms with Crippen molar-refractivity contribution in [3.63, 3.8) is 0 Å². The third-order valence-corrected chi connectivity index (χ3v) is 1.67. The molecule has 0 N–H and O–H groups in total. The molecule has 3 heteroatoms. The van der Waals surface area contributed by atoms with E-state index in [2.05, 4.69) is 0 Å². The van der Waals surface area contributed by atoms with Crippen molar-refractivity contribution in [2.75, 3.05) is 7.11 Å². The number of rotatable bonds is 3. The number of hydrogen-bond donors (Lipinski definition) is 0. The number of Topliss-reactive ketones (excluding diaryl/α,β-unsaturated/α-hetero) is 2. The van der Waals surface area contributed by atoms with Gasteiger partial charge < -0.3 is 4.74 Å². The van der Waals surface area contributed by atoms with Crippen LogP contribution in [0.15, 0.2) is 24.3 Å². The summed E-state index contributed by atoms with van der Waals surface area (Å²) < 4.78 is 4.94. The quantitative estimate of drug-likeness (QED) is 0.566. The zero-order valence-corrected chi connectivity index (χ0v) is 9.53. The first-order valence-corrected chi connectivity index (χ1v) is 4.85. The molecular weight excluding hydrogens is 192 g/mol. The Hall–Kier alpha value is -1.64. The number of para-hydroxylation sites is 1. The fourth-order valence-corrected chi connectivity index (χ4v) is 1.02. The van der Waals surface area contributed by atoms with Crippen LogP contribution < -0.4 is 4.74 Å². The van der Waals surface area contributed by atoms with Gasteiger partial charge in [0.15, 0.2) is 5.78 Å². The minimum Gasteiger partial charge on any atom is -0.496 e. The van der Waals surface area contributed by atoms with Crippen LogP contribution in [0.1, 0.15) is 31.1 Å². The molecule has 0 amide bonds. The predicted octanol–water partition coefficient (Wildman–Crippen LogP) is 2.49. The molecule has 1 aromatic carbocycles. The van der Waals surface area contributed by atoms with Crippen molar-refractivity contribution in [3.05, 3.63) is 29.8 Å². The van der Waals surface area contributed by atoms with E-state index in [0.717, 1.165) is 0 Å². The number of carbonyl (C=O) groups is 2. The zero-order valence-electron chi connectivity index (χ0n) is 9.53. The number of carbonyl (C=O) groups excluding carboxylic acids is 2. The largest absolute Gasteiger partial charge is 0.496 e. The number of ketones is 2. The first-order valence-electron chi connectivity index (χ1n) is 4.85. The first-order chi connectivity index (χ1) is 7.16. The Morgan fingerprint density at radius 1 is 1.13 bits per heavy atom. The third-order valence-electron chi connectivity index (χ3n) is 1.67. The fourth-order valence-electron chi connectivity index (χ4n) is 1.02. The van der Waals surface area contributed by atoms with E-state index in [9.17, 15) is 9.59 Å². The van der Waals surface area contributed by atoms with Gasteiger partial charge in [-0.2, -0.15) is 0 Å². The van der Waals surface area contributed by atoms with E-state index in [-0.39, 0.29) is 0 Å². The second-order valence-corrected chi connectivity index (χ2v) is 2.59. The summed E-state index contributed by atoms with van der Waals surface area (Å²) in [4.78, 5) is 22.1. The average molecular weight is 208 g/mol. The molecule has 0 heterocycles. The van der Waals surface area contributed by atoms with Crippen LogP contribution in [0.3, 0.4) is 0 Å². The van der Waals surface area contributed by atoms with Crippen molar-refractivity contribution in [2.45, 2.75) is 20.8 Å². The summed E-state index contributed by atoms with van der Waals surface area (Å²) in [7, 11) is 1.46. The maximum absolute atomic E-state index is 11.3. The summed E-state index contributed by atoms with van der Waals surface area (Å²) in [6.45, 7) is 5.24. The Morgan fingerprint density at radius 2 is 1.67 bits per heavy atom. The monoisotopic (exact) mass is 208 g/mol. The molecule has 0 fully saturated rings. The van der Waals surface area contributed by atoms with Gasteiger partial charge in [-0.05, 0) is 12.1 Å². The third kappa shape index (κ3) is 3.54. The Bertz CT molecular complexity index is 342. The van der Waals surface area contributed by atoms with Gasteiger partial charge in [-0.3, -0.25) is 9.59 Å². The summed E-state index contributed by atoms with van der Waals surface area (Å²) in [6, 6.07) is 6.66. The summed E-state index contributed by atoms with van der Waals surface area (Å²) in [5.41, 5.74) is 0.317. The highest BCUT2D eigenvalue weighted by Crippen LogP contribution is 2.17. The van der Waals surface area contributed by atoms with Gasteiger partial charge in [-0.15, -0.1) is 0 Å². The van der Waals surface area contributed by atoms with Crippen LogP contribution in [0.5, 0.6) is 5.75 Å². The first kappa shape index (κ1) is 13.4. The van der Waals surface area contributed by atoms with E-state index in [1.807, 2.05) is 13.8 Å². The predicted molar refractivity (Wildman–Crippen MR) is 59.4 cm³/mol. The van der Waals surface area contributed by atoms with Gasteiger partial charge in [-0.1, -0.05) is 26.0 Å². The van der Waals surface area contributed by atoms with E-state index >= 15 is 0 Å². The Morgan fingerprint density at radius 3 is 2.13 bits per heavy atom. The molecule has 0 saturated heterocycles. The second-order valence-electron chi connectivity index (χ2n) is 2.59. The molecule has 1 rings (SSSR count). The van der Waals surface area contributed by atoms with Gasteiger partial charge in [0.05, 0.1) is 12.7 Å². The van der Waals surface area contributed by atoms with E-state index in [1.54, 1.807) is 24.3 Å². The van der Waals surface area contributed by atoms with E-state index < -0.39 is 11.6 Å². The SMILES string of the molecule is CC.COc1ccccc1C(=O)C(C)=O. The Kier molecular flexibility index (Phi) is 6.02.